The molecule has 2 rings (SSSR count). The lowest BCUT2D eigenvalue weighted by atomic mass is 10.2. The van der Waals surface area contributed by atoms with E-state index in [2.05, 4.69) is 14.4 Å². The fourth-order valence-corrected chi connectivity index (χ4v) is 1.12. The van der Waals surface area contributed by atoms with Crippen LogP contribution < -0.4 is 11.5 Å². The SMILES string of the molecule is NCC(=O)c1cnc2oc(=O)[nH]c2c1. The number of nitrogens with zero attached hydrogens (tertiary/aromatic N) is 1. The third-order valence-electron chi connectivity index (χ3n) is 1.78. The van der Waals surface area contributed by atoms with Gasteiger partial charge >= 0.3 is 5.76 Å². The van der Waals surface area contributed by atoms with Crippen molar-refractivity contribution in [1.82, 2.24) is 9.97 Å². The number of carbonyl (C=O) groups excluding carboxylic acids is 1. The Morgan fingerprint density at radius 3 is 3.14 bits per heavy atom. The Morgan fingerprint density at radius 2 is 2.43 bits per heavy atom. The molecule has 0 aliphatic carbocycles. The first-order chi connectivity index (χ1) is 6.70. The Bertz CT molecular complexity index is 540. The monoisotopic (exact) mass is 193 g/mol. The Hall–Kier alpha value is -1.95. The third kappa shape index (κ3) is 1.31. The number of carbonyl (C=O) groups is 1. The van der Waals surface area contributed by atoms with E-state index in [-0.39, 0.29) is 18.0 Å². The molecular weight excluding hydrogens is 186 g/mol. The largest absolute Gasteiger partial charge is 0.418 e. The molecule has 0 aliphatic heterocycles. The Balaban J connectivity index is 2.61. The van der Waals surface area contributed by atoms with Crippen LogP contribution in [0.4, 0.5) is 0 Å². The number of nitrogens with two attached hydrogens (primary N) is 1. The van der Waals surface area contributed by atoms with Gasteiger partial charge in [0.25, 0.3) is 0 Å². The predicted octanol–water partition coefficient (Wildman–Crippen LogP) is -0.343. The van der Waals surface area contributed by atoms with E-state index in [1.807, 2.05) is 0 Å². The first-order valence-corrected chi connectivity index (χ1v) is 3.93. The number of hydrogen-bond donors (Lipinski definition) is 2. The number of nitrogens with one attached hydrogen (secondary N) is 1. The van der Waals surface area contributed by atoms with E-state index in [0.717, 1.165) is 0 Å². The molecule has 0 atom stereocenters. The number of H-pyrrole nitrogens is 1. The summed E-state index contributed by atoms with van der Waals surface area (Å²) in [5, 5.41) is 0. The van der Waals surface area contributed by atoms with Gasteiger partial charge in [-0.25, -0.2) is 9.78 Å². The predicted molar refractivity (Wildman–Crippen MR) is 48.0 cm³/mol. The average molecular weight is 193 g/mol. The van der Waals surface area contributed by atoms with Crippen molar-refractivity contribution >= 4 is 17.0 Å². The maximum atomic E-state index is 11.2. The van der Waals surface area contributed by atoms with Gasteiger partial charge in [-0.2, -0.15) is 0 Å². The van der Waals surface area contributed by atoms with E-state index >= 15 is 0 Å². The van der Waals surface area contributed by atoms with Crippen LogP contribution in [0.25, 0.3) is 11.2 Å². The summed E-state index contributed by atoms with van der Waals surface area (Å²) < 4.78 is 4.67. The second-order valence-electron chi connectivity index (χ2n) is 2.72. The lowest BCUT2D eigenvalue weighted by Crippen LogP contribution is -2.13. The highest BCUT2D eigenvalue weighted by Gasteiger charge is 2.07. The summed E-state index contributed by atoms with van der Waals surface area (Å²) in [6.45, 7) is -0.0880. The fourth-order valence-electron chi connectivity index (χ4n) is 1.12. The first-order valence-electron chi connectivity index (χ1n) is 3.93. The van der Waals surface area contributed by atoms with Crippen LogP contribution in [0.5, 0.6) is 0 Å². The summed E-state index contributed by atoms with van der Waals surface area (Å²) in [6.07, 6.45) is 1.33. The molecule has 14 heavy (non-hydrogen) atoms. The highest BCUT2D eigenvalue weighted by atomic mass is 16.4. The number of aromatic amines is 1. The van der Waals surface area contributed by atoms with Crippen LogP contribution >= 0.6 is 0 Å². The number of ketones is 1. The van der Waals surface area contributed by atoms with E-state index in [9.17, 15) is 9.59 Å². The maximum Gasteiger partial charge on any atom is 0.418 e. The van der Waals surface area contributed by atoms with E-state index in [1.54, 1.807) is 0 Å². The molecule has 72 valence electrons. The van der Waals surface area contributed by atoms with E-state index < -0.39 is 5.76 Å². The molecule has 0 spiro atoms. The minimum absolute atomic E-state index is 0.0880. The molecule has 0 aliphatic rings. The molecule has 2 aromatic heterocycles. The zero-order valence-electron chi connectivity index (χ0n) is 7.11. The van der Waals surface area contributed by atoms with Crippen molar-refractivity contribution < 1.29 is 9.21 Å². The second-order valence-corrected chi connectivity index (χ2v) is 2.72. The number of hydrogen-bond acceptors (Lipinski definition) is 5. The zero-order valence-corrected chi connectivity index (χ0v) is 7.11. The molecule has 2 aromatic rings. The summed E-state index contributed by atoms with van der Waals surface area (Å²) in [5.74, 6) is -0.828. The number of pyridine rings is 1. The van der Waals surface area contributed by atoms with Gasteiger partial charge in [0.2, 0.25) is 5.71 Å². The van der Waals surface area contributed by atoms with Crippen molar-refractivity contribution in [3.05, 3.63) is 28.4 Å². The number of Topliss-reactive ketones (excluding diaryl/α,β-unsaturated/α-hetero) is 1. The molecule has 6 nitrogen and oxygen atoms in total. The summed E-state index contributed by atoms with van der Waals surface area (Å²) >= 11 is 0. The lowest BCUT2D eigenvalue weighted by molar-refractivity contribution is 0.100. The van der Waals surface area contributed by atoms with Gasteiger partial charge < -0.3 is 10.2 Å². The summed E-state index contributed by atoms with van der Waals surface area (Å²) in [7, 11) is 0. The number of oxazole rings is 1. The quantitative estimate of drug-likeness (QED) is 0.635. The van der Waals surface area contributed by atoms with Crippen molar-refractivity contribution in [3.8, 4) is 0 Å². The minimum Gasteiger partial charge on any atom is -0.389 e. The molecule has 3 N–H and O–H groups in total. The molecule has 0 amide bonds. The molecule has 0 bridgehead atoms. The lowest BCUT2D eigenvalue weighted by Gasteiger charge is -1.94. The van der Waals surface area contributed by atoms with Crippen LogP contribution in [-0.4, -0.2) is 22.3 Å². The molecule has 0 aromatic carbocycles. The molecule has 0 saturated heterocycles. The van der Waals surface area contributed by atoms with Gasteiger partial charge in [0.15, 0.2) is 5.78 Å². The second kappa shape index (κ2) is 3.08. The van der Waals surface area contributed by atoms with Gasteiger partial charge in [-0.15, -0.1) is 0 Å². The van der Waals surface area contributed by atoms with Crippen molar-refractivity contribution in [2.24, 2.45) is 5.73 Å². The van der Waals surface area contributed by atoms with Crippen molar-refractivity contribution in [2.75, 3.05) is 6.54 Å². The zero-order chi connectivity index (χ0) is 10.1. The van der Waals surface area contributed by atoms with Crippen LogP contribution in [0, 0.1) is 0 Å². The smallest absolute Gasteiger partial charge is 0.389 e. The standard InChI is InChI=1S/C8H7N3O3/c9-2-6(12)4-1-5-7(10-3-4)14-8(13)11-5/h1,3H,2,9H2,(H,11,13). The van der Waals surface area contributed by atoms with Crippen molar-refractivity contribution in [1.29, 1.82) is 0 Å². The highest BCUT2D eigenvalue weighted by Crippen LogP contribution is 2.08. The first kappa shape index (κ1) is 8.64. The molecule has 6 heteroatoms. The van der Waals surface area contributed by atoms with Crippen molar-refractivity contribution in [3.63, 3.8) is 0 Å². The van der Waals surface area contributed by atoms with Gasteiger partial charge in [0.05, 0.1) is 6.54 Å². The molecule has 0 fully saturated rings. The van der Waals surface area contributed by atoms with E-state index in [4.69, 9.17) is 5.73 Å². The van der Waals surface area contributed by atoms with Crippen LogP contribution in [0.2, 0.25) is 0 Å². The fraction of sp³-hybridized carbons (Fsp3) is 0.125. The minimum atomic E-state index is -0.593. The van der Waals surface area contributed by atoms with Gasteiger partial charge in [-0.3, -0.25) is 9.78 Å². The van der Waals surface area contributed by atoms with E-state index in [0.29, 0.717) is 11.1 Å². The number of fused-ring (bicyclic) bond motifs is 1. The topological polar surface area (TPSA) is 102 Å². The van der Waals surface area contributed by atoms with Gasteiger partial charge in [-0.05, 0) is 6.07 Å². The molecule has 0 radical (unpaired) electrons. The van der Waals surface area contributed by atoms with Crippen LogP contribution in [0.3, 0.4) is 0 Å². The molecule has 0 saturated carbocycles. The highest BCUT2D eigenvalue weighted by molar-refractivity contribution is 5.98. The Kier molecular flexibility index (Phi) is 1.90. The van der Waals surface area contributed by atoms with Gasteiger partial charge in [0, 0.05) is 11.8 Å². The van der Waals surface area contributed by atoms with Crippen LogP contribution in [0.15, 0.2) is 21.5 Å². The number of aromatic nitrogens is 2. The van der Waals surface area contributed by atoms with Crippen LogP contribution in [-0.2, 0) is 0 Å². The average Bonchev–Trinajstić information content (AvgIpc) is 2.55. The third-order valence-corrected chi connectivity index (χ3v) is 1.78. The molecule has 0 unspecified atom stereocenters. The molecule has 2 heterocycles. The molecular formula is C8H7N3O3. The van der Waals surface area contributed by atoms with Crippen molar-refractivity contribution in [2.45, 2.75) is 0 Å². The van der Waals surface area contributed by atoms with Crippen LogP contribution in [0.1, 0.15) is 10.4 Å². The maximum absolute atomic E-state index is 11.2. The summed E-state index contributed by atoms with van der Waals surface area (Å²) in [4.78, 5) is 28.1. The Labute approximate surface area is 77.7 Å². The van der Waals surface area contributed by atoms with Gasteiger partial charge in [0.1, 0.15) is 5.52 Å². The normalized spacial score (nSPS) is 10.6. The van der Waals surface area contributed by atoms with E-state index in [1.165, 1.54) is 12.3 Å². The Morgan fingerprint density at radius 1 is 1.64 bits per heavy atom. The number of rotatable bonds is 2. The summed E-state index contributed by atoms with van der Waals surface area (Å²) in [6, 6.07) is 1.49. The summed E-state index contributed by atoms with van der Waals surface area (Å²) in [5.41, 5.74) is 6.12. The van der Waals surface area contributed by atoms with Gasteiger partial charge in [-0.1, -0.05) is 0 Å².